The molecule has 0 aliphatic rings. The Hall–Kier alpha value is -1.65. The van der Waals surface area contributed by atoms with Crippen molar-refractivity contribution in [2.45, 2.75) is 0 Å². The summed E-state index contributed by atoms with van der Waals surface area (Å²) < 4.78 is 11.2. The van der Waals surface area contributed by atoms with Crippen LogP contribution in [-0.2, 0) is 7.05 Å². The van der Waals surface area contributed by atoms with Crippen LogP contribution in [0.1, 0.15) is 10.5 Å². The third-order valence-electron chi connectivity index (χ3n) is 1.79. The highest BCUT2D eigenvalue weighted by Crippen LogP contribution is 2.27. The maximum atomic E-state index is 10.8. The predicted octanol–water partition coefficient (Wildman–Crippen LogP) is 0.740. The zero-order chi connectivity index (χ0) is 10.0. The number of methoxy groups -OCH3 is 2. The Balaban J connectivity index is 3.28. The summed E-state index contributed by atoms with van der Waals surface area (Å²) in [4.78, 5) is 10.8. The molecule has 0 aliphatic carbocycles. The first-order valence-electron chi connectivity index (χ1n) is 3.62. The van der Waals surface area contributed by atoms with Gasteiger partial charge in [-0.15, -0.1) is 0 Å². The summed E-state index contributed by atoms with van der Waals surface area (Å²) >= 11 is 0. The monoisotopic (exact) mass is 185 g/mol. The van der Waals surface area contributed by atoms with Gasteiger partial charge in [0.2, 0.25) is 0 Å². The van der Waals surface area contributed by atoms with Gasteiger partial charge in [-0.3, -0.25) is 0 Å². The summed E-state index contributed by atoms with van der Waals surface area (Å²) in [7, 11) is 4.49. The quantitative estimate of drug-likeness (QED) is 0.754. The van der Waals surface area contributed by atoms with E-state index in [1.54, 1.807) is 7.05 Å². The Bertz CT molecular complexity index is 329. The van der Waals surface area contributed by atoms with E-state index in [1.807, 2.05) is 0 Å². The van der Waals surface area contributed by atoms with Crippen molar-refractivity contribution in [2.75, 3.05) is 14.2 Å². The Morgan fingerprint density at radius 2 is 2.08 bits per heavy atom. The number of hydrogen-bond acceptors (Lipinski definition) is 3. The number of carboxylic acids is 1. The molecule has 1 rings (SSSR count). The first kappa shape index (κ1) is 9.44. The molecule has 13 heavy (non-hydrogen) atoms. The molecule has 0 saturated heterocycles. The van der Waals surface area contributed by atoms with Crippen molar-refractivity contribution in [3.05, 3.63) is 11.8 Å². The van der Waals surface area contributed by atoms with Crippen LogP contribution in [0.15, 0.2) is 6.07 Å². The summed E-state index contributed by atoms with van der Waals surface area (Å²) in [6.45, 7) is 0. The lowest BCUT2D eigenvalue weighted by Gasteiger charge is -2.02. The molecule has 1 N–H and O–H groups in total. The number of ether oxygens (including phenoxy) is 2. The molecule has 0 fully saturated rings. The number of aromatic nitrogens is 1. The molecule has 1 aromatic rings. The van der Waals surface area contributed by atoms with E-state index in [4.69, 9.17) is 14.6 Å². The van der Waals surface area contributed by atoms with Crippen LogP contribution in [0.2, 0.25) is 0 Å². The lowest BCUT2D eigenvalue weighted by Crippen LogP contribution is -2.06. The van der Waals surface area contributed by atoms with E-state index in [9.17, 15) is 4.79 Å². The van der Waals surface area contributed by atoms with E-state index in [-0.39, 0.29) is 5.69 Å². The van der Waals surface area contributed by atoms with Crippen LogP contribution in [-0.4, -0.2) is 29.9 Å². The fraction of sp³-hybridized carbons (Fsp3) is 0.375. The molecule has 5 nitrogen and oxygen atoms in total. The normalized spacial score (nSPS) is 9.77. The van der Waals surface area contributed by atoms with Crippen molar-refractivity contribution >= 4 is 5.97 Å². The summed E-state index contributed by atoms with van der Waals surface area (Å²) in [6, 6.07) is 1.53. The number of nitrogens with zero attached hydrogens (tertiary/aromatic N) is 1. The highest BCUT2D eigenvalue weighted by molar-refractivity contribution is 5.89. The molecule has 0 amide bonds. The molecule has 0 aromatic carbocycles. The van der Waals surface area contributed by atoms with Crippen LogP contribution in [0, 0.1) is 0 Å². The van der Waals surface area contributed by atoms with Gasteiger partial charge in [-0.25, -0.2) is 4.79 Å². The van der Waals surface area contributed by atoms with Gasteiger partial charge in [0, 0.05) is 13.1 Å². The number of carboxylic acid groups (broad SMARTS) is 1. The second-order valence-corrected chi connectivity index (χ2v) is 2.47. The Labute approximate surface area is 75.5 Å². The molecule has 1 aromatic heterocycles. The molecule has 0 atom stereocenters. The zero-order valence-electron chi connectivity index (χ0n) is 7.70. The Morgan fingerprint density at radius 3 is 2.38 bits per heavy atom. The molecule has 1 heterocycles. The van der Waals surface area contributed by atoms with Crippen molar-refractivity contribution in [2.24, 2.45) is 7.05 Å². The van der Waals surface area contributed by atoms with Crippen molar-refractivity contribution in [3.8, 4) is 11.6 Å². The molecule has 5 heteroatoms. The second-order valence-electron chi connectivity index (χ2n) is 2.47. The van der Waals surface area contributed by atoms with Gasteiger partial charge in [-0.1, -0.05) is 0 Å². The van der Waals surface area contributed by atoms with Gasteiger partial charge in [0.25, 0.3) is 0 Å². The van der Waals surface area contributed by atoms with Gasteiger partial charge in [0.1, 0.15) is 0 Å². The number of carbonyl (C=O) groups is 1. The molecule has 0 bridgehead atoms. The number of rotatable bonds is 3. The largest absolute Gasteiger partial charge is 0.494 e. The first-order chi connectivity index (χ1) is 6.11. The molecular formula is C8H11NO4. The SMILES string of the molecule is COc1cc(OC)n(C)c1C(=O)O. The molecule has 0 saturated carbocycles. The van der Waals surface area contributed by atoms with E-state index in [0.717, 1.165) is 0 Å². The molecule has 0 spiro atoms. The van der Waals surface area contributed by atoms with Crippen LogP contribution in [0.25, 0.3) is 0 Å². The number of aromatic carboxylic acids is 1. The van der Waals surface area contributed by atoms with E-state index in [1.165, 1.54) is 24.9 Å². The maximum Gasteiger partial charge on any atom is 0.356 e. The van der Waals surface area contributed by atoms with Gasteiger partial charge in [0.05, 0.1) is 14.2 Å². The minimum Gasteiger partial charge on any atom is -0.494 e. The molecule has 0 radical (unpaired) electrons. The van der Waals surface area contributed by atoms with Crippen LogP contribution in [0.5, 0.6) is 11.6 Å². The van der Waals surface area contributed by atoms with Crippen molar-refractivity contribution in [1.29, 1.82) is 0 Å². The third kappa shape index (κ3) is 1.44. The molecule has 0 aliphatic heterocycles. The summed E-state index contributed by atoms with van der Waals surface area (Å²) in [5.74, 6) is -0.288. The van der Waals surface area contributed by atoms with Gasteiger partial charge in [-0.2, -0.15) is 0 Å². The van der Waals surface area contributed by atoms with Crippen LogP contribution in [0.4, 0.5) is 0 Å². The molecule has 0 unspecified atom stereocenters. The van der Waals surface area contributed by atoms with E-state index >= 15 is 0 Å². The van der Waals surface area contributed by atoms with E-state index in [0.29, 0.717) is 11.6 Å². The average Bonchev–Trinajstić information content (AvgIpc) is 2.41. The highest BCUT2D eigenvalue weighted by atomic mass is 16.5. The summed E-state index contributed by atoms with van der Waals surface area (Å²) in [6.07, 6.45) is 0. The van der Waals surface area contributed by atoms with Crippen LogP contribution in [0.3, 0.4) is 0 Å². The molecular weight excluding hydrogens is 174 g/mol. The lowest BCUT2D eigenvalue weighted by molar-refractivity contribution is 0.0681. The summed E-state index contributed by atoms with van der Waals surface area (Å²) in [5.41, 5.74) is 0.0827. The van der Waals surface area contributed by atoms with Gasteiger partial charge >= 0.3 is 5.97 Å². The lowest BCUT2D eigenvalue weighted by atomic mass is 10.4. The second kappa shape index (κ2) is 3.38. The maximum absolute atomic E-state index is 10.8. The number of hydrogen-bond donors (Lipinski definition) is 1. The minimum atomic E-state index is -1.04. The van der Waals surface area contributed by atoms with Gasteiger partial charge in [0.15, 0.2) is 17.3 Å². The van der Waals surface area contributed by atoms with Crippen LogP contribution < -0.4 is 9.47 Å². The van der Waals surface area contributed by atoms with Gasteiger partial charge < -0.3 is 19.1 Å². The smallest absolute Gasteiger partial charge is 0.356 e. The van der Waals surface area contributed by atoms with Crippen LogP contribution >= 0.6 is 0 Å². The van der Waals surface area contributed by atoms with Crippen molar-refractivity contribution in [1.82, 2.24) is 4.57 Å². The fourth-order valence-electron chi connectivity index (χ4n) is 1.15. The van der Waals surface area contributed by atoms with Crippen molar-refractivity contribution in [3.63, 3.8) is 0 Å². The highest BCUT2D eigenvalue weighted by Gasteiger charge is 2.19. The third-order valence-corrected chi connectivity index (χ3v) is 1.79. The first-order valence-corrected chi connectivity index (χ1v) is 3.62. The van der Waals surface area contributed by atoms with E-state index in [2.05, 4.69) is 0 Å². The Kier molecular flexibility index (Phi) is 2.46. The van der Waals surface area contributed by atoms with Gasteiger partial charge in [-0.05, 0) is 0 Å². The fourth-order valence-corrected chi connectivity index (χ4v) is 1.15. The Morgan fingerprint density at radius 1 is 1.46 bits per heavy atom. The average molecular weight is 185 g/mol. The zero-order valence-corrected chi connectivity index (χ0v) is 7.70. The van der Waals surface area contributed by atoms with E-state index < -0.39 is 5.97 Å². The topological polar surface area (TPSA) is 60.7 Å². The minimum absolute atomic E-state index is 0.0827. The molecule has 72 valence electrons. The predicted molar refractivity (Wildman–Crippen MR) is 45.5 cm³/mol. The van der Waals surface area contributed by atoms with Crippen molar-refractivity contribution < 1.29 is 19.4 Å². The summed E-state index contributed by atoms with van der Waals surface area (Å²) in [5, 5.41) is 8.83. The standard InChI is InChI=1S/C8H11NO4/c1-9-6(13-3)4-5(12-2)7(9)8(10)11/h4H,1-3H3,(H,10,11).